The third kappa shape index (κ3) is 3.86. The van der Waals surface area contributed by atoms with Crippen LogP contribution in [0.5, 0.6) is 0 Å². The van der Waals surface area contributed by atoms with Gasteiger partial charge in [0, 0.05) is 29.5 Å². The fourth-order valence-electron chi connectivity index (χ4n) is 4.67. The van der Waals surface area contributed by atoms with Gasteiger partial charge in [-0.1, -0.05) is 54.1 Å². The third-order valence-corrected chi connectivity index (χ3v) is 7.78. The number of fused-ring (bicyclic) bond motifs is 5. The van der Waals surface area contributed by atoms with Crippen molar-refractivity contribution >= 4 is 33.8 Å². The van der Waals surface area contributed by atoms with Crippen LogP contribution in [0.2, 0.25) is 5.02 Å². The molecule has 2 aliphatic rings. The molecule has 0 bridgehead atoms. The van der Waals surface area contributed by atoms with Gasteiger partial charge in [-0.2, -0.15) is 5.10 Å². The van der Waals surface area contributed by atoms with Crippen molar-refractivity contribution in [2.75, 3.05) is 11.4 Å². The van der Waals surface area contributed by atoms with Crippen LogP contribution < -0.4 is 4.90 Å². The van der Waals surface area contributed by atoms with Crippen molar-refractivity contribution in [3.05, 3.63) is 87.5 Å². The molecule has 6 rings (SSSR count). The van der Waals surface area contributed by atoms with Crippen LogP contribution in [0.25, 0.3) is 11.4 Å². The molecule has 0 saturated carbocycles. The van der Waals surface area contributed by atoms with E-state index >= 15 is 0 Å². The van der Waals surface area contributed by atoms with Gasteiger partial charge in [-0.25, -0.2) is 9.67 Å². The van der Waals surface area contributed by atoms with Crippen molar-refractivity contribution < 1.29 is 4.79 Å². The van der Waals surface area contributed by atoms with Gasteiger partial charge in [0.15, 0.2) is 5.82 Å². The molecule has 0 spiro atoms. The zero-order chi connectivity index (χ0) is 22.4. The molecular weight excluding hydrogens is 454 g/mol. The Labute approximate surface area is 201 Å². The maximum atomic E-state index is 13.3. The lowest BCUT2D eigenvalue weighted by Gasteiger charge is -2.27. The fourth-order valence-corrected chi connectivity index (χ4v) is 6.20. The Morgan fingerprint density at radius 3 is 2.58 bits per heavy atom. The monoisotopic (exact) mass is 475 g/mol. The van der Waals surface area contributed by atoms with E-state index in [0.717, 1.165) is 48.0 Å². The minimum absolute atomic E-state index is 0.0233. The number of hydrogen-bond donors (Lipinski definition) is 0. The van der Waals surface area contributed by atoms with Crippen molar-refractivity contribution in [1.82, 2.24) is 19.7 Å². The van der Waals surface area contributed by atoms with Crippen molar-refractivity contribution in [1.29, 1.82) is 0 Å². The maximum absolute atomic E-state index is 13.3. The molecule has 2 aromatic heterocycles. The van der Waals surface area contributed by atoms with Crippen LogP contribution in [0.1, 0.15) is 21.6 Å². The van der Waals surface area contributed by atoms with Crippen LogP contribution in [0.4, 0.5) is 5.00 Å². The molecule has 0 unspecified atom stereocenters. The standard InChI is InChI=1S/C25H22ClN5OS/c26-19-8-6-18(7-9-19)13-30-22(32)15-31-24(27-16-28-31)23-20-10-11-29(14-21(20)33-25(23)30)12-17-4-2-1-3-5-17/h1-9,16H,10-15H2. The molecule has 0 fully saturated rings. The Morgan fingerprint density at radius 1 is 0.970 bits per heavy atom. The van der Waals surface area contributed by atoms with E-state index in [-0.39, 0.29) is 12.5 Å². The lowest BCUT2D eigenvalue weighted by Crippen LogP contribution is -2.32. The molecule has 4 aromatic rings. The summed E-state index contributed by atoms with van der Waals surface area (Å²) in [5, 5.41) is 6.02. The molecule has 0 N–H and O–H groups in total. The summed E-state index contributed by atoms with van der Waals surface area (Å²) in [4.78, 5) is 23.6. The smallest absolute Gasteiger partial charge is 0.249 e. The molecule has 33 heavy (non-hydrogen) atoms. The van der Waals surface area contributed by atoms with E-state index in [2.05, 4.69) is 45.3 Å². The minimum Gasteiger partial charge on any atom is -0.297 e. The molecule has 0 saturated heterocycles. The Morgan fingerprint density at radius 2 is 1.76 bits per heavy atom. The largest absolute Gasteiger partial charge is 0.297 e. The molecule has 0 atom stereocenters. The highest BCUT2D eigenvalue weighted by atomic mass is 35.5. The molecular formula is C25H22ClN5OS. The summed E-state index contributed by atoms with van der Waals surface area (Å²) in [5.41, 5.74) is 4.75. The second-order valence-corrected chi connectivity index (χ2v) is 10.00. The first-order valence-corrected chi connectivity index (χ1v) is 12.2. The molecule has 166 valence electrons. The molecule has 0 radical (unpaired) electrons. The van der Waals surface area contributed by atoms with Crippen molar-refractivity contribution in [2.45, 2.75) is 32.6 Å². The summed E-state index contributed by atoms with van der Waals surface area (Å²) >= 11 is 7.80. The Kier molecular flexibility index (Phi) is 5.25. The van der Waals surface area contributed by atoms with Gasteiger partial charge < -0.3 is 0 Å². The van der Waals surface area contributed by atoms with E-state index in [1.807, 2.05) is 29.2 Å². The van der Waals surface area contributed by atoms with Crippen molar-refractivity contribution in [2.24, 2.45) is 0 Å². The van der Waals surface area contributed by atoms with Gasteiger partial charge in [-0.3, -0.25) is 14.6 Å². The second kappa shape index (κ2) is 8.41. The predicted octanol–water partition coefficient (Wildman–Crippen LogP) is 4.77. The lowest BCUT2D eigenvalue weighted by molar-refractivity contribution is -0.119. The summed E-state index contributed by atoms with van der Waals surface area (Å²) in [5.74, 6) is 0.821. The lowest BCUT2D eigenvalue weighted by atomic mass is 10.0. The summed E-state index contributed by atoms with van der Waals surface area (Å²) in [6.45, 7) is 3.47. The summed E-state index contributed by atoms with van der Waals surface area (Å²) in [7, 11) is 0. The van der Waals surface area contributed by atoms with Gasteiger partial charge in [0.25, 0.3) is 0 Å². The summed E-state index contributed by atoms with van der Waals surface area (Å²) in [6, 6.07) is 18.3. The van der Waals surface area contributed by atoms with Crippen LogP contribution in [-0.2, 0) is 37.4 Å². The number of carbonyl (C=O) groups is 1. The average Bonchev–Trinajstić information content (AvgIpc) is 3.40. The quantitative estimate of drug-likeness (QED) is 0.427. The topological polar surface area (TPSA) is 54.3 Å². The number of thiophene rings is 1. The summed E-state index contributed by atoms with van der Waals surface area (Å²) in [6.07, 6.45) is 2.49. The predicted molar refractivity (Wildman–Crippen MR) is 130 cm³/mol. The van der Waals surface area contributed by atoms with Crippen LogP contribution in [0, 0.1) is 0 Å². The molecule has 6 nitrogen and oxygen atoms in total. The van der Waals surface area contributed by atoms with Crippen LogP contribution >= 0.6 is 22.9 Å². The number of hydrogen-bond acceptors (Lipinski definition) is 5. The van der Waals surface area contributed by atoms with Crippen LogP contribution in [0.15, 0.2) is 60.9 Å². The first-order chi connectivity index (χ1) is 16.2. The van der Waals surface area contributed by atoms with E-state index in [4.69, 9.17) is 11.6 Å². The molecule has 8 heteroatoms. The van der Waals surface area contributed by atoms with Gasteiger partial charge in [0.05, 0.1) is 12.1 Å². The Bertz CT molecular complexity index is 1310. The van der Waals surface area contributed by atoms with Crippen molar-refractivity contribution in [3.8, 4) is 11.4 Å². The first-order valence-electron chi connectivity index (χ1n) is 11.0. The molecule has 0 aliphatic carbocycles. The highest BCUT2D eigenvalue weighted by Gasteiger charge is 2.34. The number of aromatic nitrogens is 3. The third-order valence-electron chi connectivity index (χ3n) is 6.29. The van der Waals surface area contributed by atoms with E-state index < -0.39 is 0 Å². The van der Waals surface area contributed by atoms with Crippen molar-refractivity contribution in [3.63, 3.8) is 0 Å². The van der Waals surface area contributed by atoms with Gasteiger partial charge >= 0.3 is 0 Å². The number of halogens is 1. The van der Waals surface area contributed by atoms with E-state index in [9.17, 15) is 4.79 Å². The SMILES string of the molecule is O=C1Cn2ncnc2-c2c(sc3c2CCN(Cc2ccccc2)C3)N1Cc1ccc(Cl)cc1. The maximum Gasteiger partial charge on any atom is 0.249 e. The minimum atomic E-state index is 0.0233. The zero-order valence-electron chi connectivity index (χ0n) is 17.9. The number of carbonyl (C=O) groups excluding carboxylic acids is 1. The second-order valence-electron chi connectivity index (χ2n) is 8.48. The molecule has 2 aliphatic heterocycles. The number of nitrogens with zero attached hydrogens (tertiary/aromatic N) is 5. The Hall–Kier alpha value is -3.00. The van der Waals surface area contributed by atoms with E-state index in [0.29, 0.717) is 11.6 Å². The first kappa shape index (κ1) is 20.6. The van der Waals surface area contributed by atoms with Gasteiger partial charge in [0.2, 0.25) is 5.91 Å². The van der Waals surface area contributed by atoms with E-state index in [1.54, 1.807) is 22.3 Å². The summed E-state index contributed by atoms with van der Waals surface area (Å²) < 4.78 is 1.74. The van der Waals surface area contributed by atoms with Crippen LogP contribution in [0.3, 0.4) is 0 Å². The Balaban J connectivity index is 1.38. The normalized spacial score (nSPS) is 15.7. The van der Waals surface area contributed by atoms with Gasteiger partial charge in [-0.15, -0.1) is 11.3 Å². The highest BCUT2D eigenvalue weighted by molar-refractivity contribution is 7.17. The zero-order valence-corrected chi connectivity index (χ0v) is 19.5. The number of rotatable bonds is 4. The number of anilines is 1. The fraction of sp³-hybridized carbons (Fsp3) is 0.240. The van der Waals surface area contributed by atoms with Crippen LogP contribution in [-0.4, -0.2) is 32.1 Å². The van der Waals surface area contributed by atoms with Gasteiger partial charge in [0.1, 0.15) is 17.9 Å². The number of amides is 1. The molecule has 4 heterocycles. The highest BCUT2D eigenvalue weighted by Crippen LogP contribution is 2.46. The van der Waals surface area contributed by atoms with Gasteiger partial charge in [-0.05, 0) is 35.2 Å². The molecule has 1 amide bonds. The molecule has 2 aromatic carbocycles. The van der Waals surface area contributed by atoms with E-state index in [1.165, 1.54) is 16.0 Å². The number of benzene rings is 2. The average molecular weight is 476 g/mol.